The zero-order valence-corrected chi connectivity index (χ0v) is 12.0. The van der Waals surface area contributed by atoms with Crippen LogP contribution in [-0.2, 0) is 0 Å². The van der Waals surface area contributed by atoms with E-state index in [2.05, 4.69) is 43.9 Å². The van der Waals surface area contributed by atoms with Gasteiger partial charge in [-0.3, -0.25) is 0 Å². The third-order valence-electron chi connectivity index (χ3n) is 3.25. The fraction of sp³-hybridized carbons (Fsp3) is 0.692. The number of hydrogen-bond acceptors (Lipinski definition) is 3. The fourth-order valence-corrected chi connectivity index (χ4v) is 4.52. The first-order valence-electron chi connectivity index (χ1n) is 6.07. The normalized spacial score (nSPS) is 19.9. The molecule has 0 saturated carbocycles. The molecule has 16 heavy (non-hydrogen) atoms. The smallest absolute Gasteiger partial charge is 0.0305 e. The highest BCUT2D eigenvalue weighted by Crippen LogP contribution is 2.27. The van der Waals surface area contributed by atoms with E-state index in [4.69, 9.17) is 0 Å². The van der Waals surface area contributed by atoms with Gasteiger partial charge in [0, 0.05) is 21.8 Å². The van der Waals surface area contributed by atoms with E-state index in [1.165, 1.54) is 39.7 Å². The summed E-state index contributed by atoms with van der Waals surface area (Å²) in [7, 11) is 0. The van der Waals surface area contributed by atoms with Crippen LogP contribution >= 0.6 is 23.1 Å². The van der Waals surface area contributed by atoms with Gasteiger partial charge in [-0.1, -0.05) is 0 Å². The number of thiophene rings is 1. The Labute approximate surface area is 107 Å². The third kappa shape index (κ3) is 3.02. The van der Waals surface area contributed by atoms with E-state index in [-0.39, 0.29) is 0 Å². The molecule has 1 aromatic rings. The van der Waals surface area contributed by atoms with Gasteiger partial charge < -0.3 is 5.32 Å². The Bertz CT molecular complexity index is 340. The third-order valence-corrected chi connectivity index (χ3v) is 5.28. The summed E-state index contributed by atoms with van der Waals surface area (Å²) in [5, 5.41) is 3.78. The molecule has 1 aliphatic rings. The molecule has 2 heterocycles. The van der Waals surface area contributed by atoms with Crippen LogP contribution in [0.4, 0.5) is 0 Å². The van der Waals surface area contributed by atoms with E-state index in [1.807, 2.05) is 11.3 Å². The Morgan fingerprint density at radius 3 is 2.56 bits per heavy atom. The van der Waals surface area contributed by atoms with Crippen LogP contribution in [0.3, 0.4) is 0 Å². The second kappa shape index (κ2) is 5.56. The van der Waals surface area contributed by atoms with Crippen molar-refractivity contribution in [2.45, 2.75) is 45.7 Å². The van der Waals surface area contributed by atoms with Crippen molar-refractivity contribution in [2.75, 3.05) is 11.5 Å². The van der Waals surface area contributed by atoms with Crippen LogP contribution in [-0.4, -0.2) is 17.5 Å². The molecule has 90 valence electrons. The molecular formula is C13H21NS2. The predicted molar refractivity (Wildman–Crippen MR) is 75.7 cm³/mol. The van der Waals surface area contributed by atoms with E-state index < -0.39 is 0 Å². The van der Waals surface area contributed by atoms with Gasteiger partial charge >= 0.3 is 0 Å². The van der Waals surface area contributed by atoms with E-state index >= 15 is 0 Å². The van der Waals surface area contributed by atoms with Gasteiger partial charge in [-0.25, -0.2) is 0 Å². The van der Waals surface area contributed by atoms with Gasteiger partial charge in [0.05, 0.1) is 0 Å². The lowest BCUT2D eigenvalue weighted by Gasteiger charge is -2.26. The highest BCUT2D eigenvalue weighted by molar-refractivity contribution is 7.99. The average Bonchev–Trinajstić information content (AvgIpc) is 2.59. The summed E-state index contributed by atoms with van der Waals surface area (Å²) in [5.74, 6) is 2.65. The zero-order valence-electron chi connectivity index (χ0n) is 10.4. The van der Waals surface area contributed by atoms with E-state index in [9.17, 15) is 0 Å². The molecule has 0 amide bonds. The summed E-state index contributed by atoms with van der Waals surface area (Å²) < 4.78 is 0. The minimum Gasteiger partial charge on any atom is -0.307 e. The van der Waals surface area contributed by atoms with Crippen molar-refractivity contribution in [1.29, 1.82) is 0 Å². The average molecular weight is 255 g/mol. The second-order valence-corrected chi connectivity index (χ2v) is 7.33. The van der Waals surface area contributed by atoms with Crippen LogP contribution in [0.25, 0.3) is 0 Å². The summed E-state index contributed by atoms with van der Waals surface area (Å²) in [5.41, 5.74) is 1.50. The highest BCUT2D eigenvalue weighted by Gasteiger charge is 2.18. The summed E-state index contributed by atoms with van der Waals surface area (Å²) >= 11 is 4.01. The van der Waals surface area contributed by atoms with Gasteiger partial charge in [-0.2, -0.15) is 11.8 Å². The molecule has 1 N–H and O–H groups in total. The molecule has 1 atom stereocenters. The Morgan fingerprint density at radius 2 is 2.00 bits per heavy atom. The standard InChI is InChI=1S/C13H21NS2/c1-9-8-13(11(3)16-9)10(2)14-12-4-6-15-7-5-12/h8,10,12,14H,4-7H2,1-3H3. The van der Waals surface area contributed by atoms with Crippen molar-refractivity contribution >= 4 is 23.1 Å². The molecule has 1 nitrogen and oxygen atoms in total. The fourth-order valence-electron chi connectivity index (χ4n) is 2.39. The maximum atomic E-state index is 3.78. The van der Waals surface area contributed by atoms with Crippen LogP contribution in [0.1, 0.15) is 41.1 Å². The quantitative estimate of drug-likeness (QED) is 0.879. The van der Waals surface area contributed by atoms with Crippen LogP contribution in [0.15, 0.2) is 6.07 Å². The predicted octanol–water partition coefficient (Wildman–Crippen LogP) is 3.91. The van der Waals surface area contributed by atoms with Crippen LogP contribution in [0.5, 0.6) is 0 Å². The van der Waals surface area contributed by atoms with Crippen LogP contribution in [0.2, 0.25) is 0 Å². The lowest BCUT2D eigenvalue weighted by atomic mass is 10.1. The van der Waals surface area contributed by atoms with E-state index in [0.29, 0.717) is 6.04 Å². The minimum absolute atomic E-state index is 0.512. The summed E-state index contributed by atoms with van der Waals surface area (Å²) in [6.45, 7) is 6.74. The van der Waals surface area contributed by atoms with Crippen molar-refractivity contribution < 1.29 is 0 Å². The van der Waals surface area contributed by atoms with Crippen LogP contribution in [0, 0.1) is 13.8 Å². The largest absolute Gasteiger partial charge is 0.307 e. The molecular weight excluding hydrogens is 234 g/mol. The minimum atomic E-state index is 0.512. The van der Waals surface area contributed by atoms with Gasteiger partial charge in [-0.15, -0.1) is 11.3 Å². The molecule has 0 bridgehead atoms. The lowest BCUT2D eigenvalue weighted by Crippen LogP contribution is -2.34. The number of nitrogens with one attached hydrogen (secondary N) is 1. The van der Waals surface area contributed by atoms with E-state index in [0.717, 1.165) is 6.04 Å². The molecule has 0 radical (unpaired) electrons. The van der Waals surface area contributed by atoms with Gasteiger partial charge in [-0.05, 0) is 56.7 Å². The zero-order chi connectivity index (χ0) is 11.5. The van der Waals surface area contributed by atoms with Gasteiger partial charge in [0.15, 0.2) is 0 Å². The molecule has 0 aliphatic carbocycles. The number of thioether (sulfide) groups is 1. The van der Waals surface area contributed by atoms with Crippen molar-refractivity contribution in [1.82, 2.24) is 5.32 Å². The van der Waals surface area contributed by atoms with Gasteiger partial charge in [0.1, 0.15) is 0 Å². The maximum Gasteiger partial charge on any atom is 0.0305 e. The Morgan fingerprint density at radius 1 is 1.31 bits per heavy atom. The Kier molecular flexibility index (Phi) is 4.34. The SMILES string of the molecule is Cc1cc(C(C)NC2CCSCC2)c(C)s1. The monoisotopic (exact) mass is 255 g/mol. The van der Waals surface area contributed by atoms with Gasteiger partial charge in [0.2, 0.25) is 0 Å². The lowest BCUT2D eigenvalue weighted by molar-refractivity contribution is 0.431. The second-order valence-electron chi connectivity index (χ2n) is 4.64. The van der Waals surface area contributed by atoms with Crippen molar-refractivity contribution in [3.63, 3.8) is 0 Å². The van der Waals surface area contributed by atoms with Crippen molar-refractivity contribution in [2.24, 2.45) is 0 Å². The first-order chi connectivity index (χ1) is 7.66. The molecule has 0 spiro atoms. The summed E-state index contributed by atoms with van der Waals surface area (Å²) in [6.07, 6.45) is 2.66. The molecule has 1 aromatic heterocycles. The van der Waals surface area contributed by atoms with Crippen LogP contribution < -0.4 is 5.32 Å². The Balaban J connectivity index is 1.96. The molecule has 1 saturated heterocycles. The molecule has 3 heteroatoms. The van der Waals surface area contributed by atoms with Crippen molar-refractivity contribution in [3.05, 3.63) is 21.4 Å². The molecule has 1 aliphatic heterocycles. The number of hydrogen-bond donors (Lipinski definition) is 1. The first kappa shape index (κ1) is 12.5. The molecule has 2 rings (SSSR count). The highest BCUT2D eigenvalue weighted by atomic mass is 32.2. The summed E-state index contributed by atoms with van der Waals surface area (Å²) in [4.78, 5) is 2.91. The topological polar surface area (TPSA) is 12.0 Å². The maximum absolute atomic E-state index is 3.78. The molecule has 0 aromatic carbocycles. The number of rotatable bonds is 3. The first-order valence-corrected chi connectivity index (χ1v) is 8.04. The van der Waals surface area contributed by atoms with Gasteiger partial charge in [0.25, 0.3) is 0 Å². The Hall–Kier alpha value is 0.01000. The van der Waals surface area contributed by atoms with E-state index in [1.54, 1.807) is 0 Å². The van der Waals surface area contributed by atoms with Crippen molar-refractivity contribution in [3.8, 4) is 0 Å². The molecule has 1 fully saturated rings. The summed E-state index contributed by atoms with van der Waals surface area (Å²) in [6, 6.07) is 3.59. The molecule has 1 unspecified atom stereocenters. The number of aryl methyl sites for hydroxylation is 2.